The number of nitrogens with one attached hydrogen (secondary N) is 1. The topological polar surface area (TPSA) is 95.7 Å². The standard InChI is InChI=1S/C13H15Br2N3O3/c14-8-4-7(5-9(15)12(8)20)17-13(21)10-2-1-3-18(10)11(19)6-16/h4-5,10,20H,1-3,6,16H2,(H,17,21)/t10-/m0/s1. The maximum absolute atomic E-state index is 12.3. The lowest BCUT2D eigenvalue weighted by Gasteiger charge is -2.23. The van der Waals surface area contributed by atoms with Crippen molar-refractivity contribution in [1.29, 1.82) is 0 Å². The number of hydrogen-bond donors (Lipinski definition) is 3. The molecule has 0 radical (unpaired) electrons. The van der Waals surface area contributed by atoms with Gasteiger partial charge in [-0.15, -0.1) is 0 Å². The van der Waals surface area contributed by atoms with Crippen molar-refractivity contribution in [3.05, 3.63) is 21.1 Å². The third-order valence-corrected chi connectivity index (χ3v) is 4.54. The summed E-state index contributed by atoms with van der Waals surface area (Å²) in [4.78, 5) is 25.5. The van der Waals surface area contributed by atoms with Gasteiger partial charge in [0.25, 0.3) is 0 Å². The number of phenols is 1. The highest BCUT2D eigenvalue weighted by Crippen LogP contribution is 2.35. The van der Waals surface area contributed by atoms with E-state index in [4.69, 9.17) is 5.73 Å². The number of likely N-dealkylation sites (tertiary alicyclic amines) is 1. The summed E-state index contributed by atoms with van der Waals surface area (Å²) in [6.07, 6.45) is 1.41. The summed E-state index contributed by atoms with van der Waals surface area (Å²) in [5, 5.41) is 12.4. The largest absolute Gasteiger partial charge is 0.506 e. The van der Waals surface area contributed by atoms with Crippen molar-refractivity contribution in [2.24, 2.45) is 5.73 Å². The van der Waals surface area contributed by atoms with E-state index in [1.165, 1.54) is 4.90 Å². The minimum absolute atomic E-state index is 0.0637. The summed E-state index contributed by atoms with van der Waals surface area (Å²) < 4.78 is 0.932. The van der Waals surface area contributed by atoms with Gasteiger partial charge in [-0.25, -0.2) is 0 Å². The van der Waals surface area contributed by atoms with Gasteiger partial charge in [-0.3, -0.25) is 9.59 Å². The van der Waals surface area contributed by atoms with E-state index in [0.717, 1.165) is 6.42 Å². The Morgan fingerprint density at radius 1 is 1.38 bits per heavy atom. The predicted octanol–water partition coefficient (Wildman–Crippen LogP) is 1.81. The zero-order valence-corrected chi connectivity index (χ0v) is 14.3. The fraction of sp³-hybridized carbons (Fsp3) is 0.385. The van der Waals surface area contributed by atoms with Crippen molar-refractivity contribution in [2.45, 2.75) is 18.9 Å². The molecule has 1 atom stereocenters. The molecule has 6 nitrogen and oxygen atoms in total. The number of carbonyl (C=O) groups is 2. The number of halogens is 2. The average Bonchev–Trinajstić information content (AvgIpc) is 2.93. The highest BCUT2D eigenvalue weighted by atomic mass is 79.9. The van der Waals surface area contributed by atoms with Crippen LogP contribution in [-0.2, 0) is 9.59 Å². The van der Waals surface area contributed by atoms with Gasteiger partial charge in [0.15, 0.2) is 0 Å². The van der Waals surface area contributed by atoms with Gasteiger partial charge in [0.2, 0.25) is 11.8 Å². The molecule has 1 aliphatic rings. The Morgan fingerprint density at radius 2 is 2.00 bits per heavy atom. The molecule has 2 amide bonds. The second kappa shape index (κ2) is 6.76. The number of anilines is 1. The van der Waals surface area contributed by atoms with E-state index in [1.54, 1.807) is 12.1 Å². The third-order valence-electron chi connectivity index (χ3n) is 3.33. The van der Waals surface area contributed by atoms with Crippen LogP contribution in [0.2, 0.25) is 0 Å². The van der Waals surface area contributed by atoms with E-state index < -0.39 is 6.04 Å². The lowest BCUT2D eigenvalue weighted by atomic mass is 10.2. The minimum atomic E-state index is -0.493. The Bertz CT molecular complexity index is 557. The molecule has 2 rings (SSSR count). The van der Waals surface area contributed by atoms with Crippen LogP contribution in [0, 0.1) is 0 Å². The molecule has 0 aromatic heterocycles. The van der Waals surface area contributed by atoms with E-state index in [1.807, 2.05) is 0 Å². The van der Waals surface area contributed by atoms with E-state index >= 15 is 0 Å². The van der Waals surface area contributed by atoms with Crippen molar-refractivity contribution < 1.29 is 14.7 Å². The SMILES string of the molecule is NCC(=O)N1CCC[C@H]1C(=O)Nc1cc(Br)c(O)c(Br)c1. The first kappa shape index (κ1) is 16.3. The maximum Gasteiger partial charge on any atom is 0.247 e. The number of nitrogens with zero attached hydrogens (tertiary/aromatic N) is 1. The number of phenolic OH excluding ortho intramolecular Hbond substituents is 1. The quantitative estimate of drug-likeness (QED) is 0.649. The lowest BCUT2D eigenvalue weighted by molar-refractivity contribution is -0.135. The van der Waals surface area contributed by atoms with Crippen LogP contribution in [0.15, 0.2) is 21.1 Å². The van der Waals surface area contributed by atoms with Crippen LogP contribution in [0.5, 0.6) is 5.75 Å². The molecule has 1 heterocycles. The zero-order valence-electron chi connectivity index (χ0n) is 11.1. The highest BCUT2D eigenvalue weighted by Gasteiger charge is 2.33. The van der Waals surface area contributed by atoms with Gasteiger partial charge < -0.3 is 21.1 Å². The molecule has 1 saturated heterocycles. The van der Waals surface area contributed by atoms with Crippen LogP contribution in [0.1, 0.15) is 12.8 Å². The molecule has 1 fully saturated rings. The molecule has 1 aliphatic heterocycles. The number of nitrogens with two attached hydrogens (primary N) is 1. The molecular weight excluding hydrogens is 406 g/mol. The number of hydrogen-bond acceptors (Lipinski definition) is 4. The van der Waals surface area contributed by atoms with Crippen molar-refractivity contribution in [3.8, 4) is 5.75 Å². The summed E-state index contributed by atoms with van der Waals surface area (Å²) in [6.45, 7) is 0.456. The van der Waals surface area contributed by atoms with Gasteiger partial charge in [0.1, 0.15) is 11.8 Å². The van der Waals surface area contributed by atoms with E-state index in [2.05, 4.69) is 37.2 Å². The van der Waals surface area contributed by atoms with Gasteiger partial charge in [0, 0.05) is 12.2 Å². The summed E-state index contributed by atoms with van der Waals surface area (Å²) in [6, 6.07) is 2.71. The third kappa shape index (κ3) is 3.56. The Hall–Kier alpha value is -1.12. The second-order valence-electron chi connectivity index (χ2n) is 4.73. The molecule has 0 spiro atoms. The van der Waals surface area contributed by atoms with E-state index in [0.29, 0.717) is 27.6 Å². The molecule has 0 bridgehead atoms. The number of benzene rings is 1. The Kier molecular flexibility index (Phi) is 5.23. The zero-order chi connectivity index (χ0) is 15.6. The van der Waals surface area contributed by atoms with Crippen molar-refractivity contribution in [1.82, 2.24) is 4.90 Å². The molecule has 21 heavy (non-hydrogen) atoms. The van der Waals surface area contributed by atoms with Crippen LogP contribution < -0.4 is 11.1 Å². The average molecular weight is 421 g/mol. The fourth-order valence-corrected chi connectivity index (χ4v) is 3.50. The van der Waals surface area contributed by atoms with Gasteiger partial charge in [-0.1, -0.05) is 0 Å². The van der Waals surface area contributed by atoms with Crippen LogP contribution in [0.4, 0.5) is 5.69 Å². The normalized spacial score (nSPS) is 17.9. The number of amides is 2. The van der Waals surface area contributed by atoms with E-state index in [9.17, 15) is 14.7 Å². The van der Waals surface area contributed by atoms with E-state index in [-0.39, 0.29) is 24.1 Å². The molecule has 4 N–H and O–H groups in total. The Labute approximate surface area is 138 Å². The maximum atomic E-state index is 12.3. The first-order valence-corrected chi connectivity index (χ1v) is 8.01. The molecule has 1 aromatic rings. The molecule has 0 saturated carbocycles. The van der Waals surface area contributed by atoms with Crippen LogP contribution in [-0.4, -0.2) is 41.0 Å². The van der Waals surface area contributed by atoms with Crippen molar-refractivity contribution >= 4 is 49.4 Å². The summed E-state index contributed by atoms with van der Waals surface area (Å²) >= 11 is 6.41. The molecule has 114 valence electrons. The summed E-state index contributed by atoms with van der Waals surface area (Å²) in [5.74, 6) is -0.409. The molecule has 8 heteroatoms. The Balaban J connectivity index is 2.12. The van der Waals surface area contributed by atoms with Gasteiger partial charge in [0.05, 0.1) is 15.5 Å². The smallest absolute Gasteiger partial charge is 0.247 e. The second-order valence-corrected chi connectivity index (χ2v) is 6.44. The van der Waals surface area contributed by atoms with Crippen LogP contribution in [0.3, 0.4) is 0 Å². The van der Waals surface area contributed by atoms with Gasteiger partial charge in [-0.2, -0.15) is 0 Å². The number of rotatable bonds is 3. The summed E-state index contributed by atoms with van der Waals surface area (Å²) in [7, 11) is 0. The molecule has 0 aliphatic carbocycles. The van der Waals surface area contributed by atoms with Crippen molar-refractivity contribution in [3.63, 3.8) is 0 Å². The monoisotopic (exact) mass is 419 g/mol. The first-order valence-electron chi connectivity index (χ1n) is 6.42. The predicted molar refractivity (Wildman–Crippen MR) is 85.9 cm³/mol. The van der Waals surface area contributed by atoms with Crippen LogP contribution in [0.25, 0.3) is 0 Å². The highest BCUT2D eigenvalue weighted by molar-refractivity contribution is 9.11. The van der Waals surface area contributed by atoms with Gasteiger partial charge in [-0.05, 0) is 56.8 Å². The molecule has 0 unspecified atom stereocenters. The number of carbonyl (C=O) groups excluding carboxylic acids is 2. The van der Waals surface area contributed by atoms with Crippen LogP contribution >= 0.6 is 31.9 Å². The first-order chi connectivity index (χ1) is 9.93. The van der Waals surface area contributed by atoms with Gasteiger partial charge >= 0.3 is 0 Å². The number of aromatic hydroxyl groups is 1. The molecule has 1 aromatic carbocycles. The Morgan fingerprint density at radius 3 is 2.57 bits per heavy atom. The molecular formula is C13H15Br2N3O3. The van der Waals surface area contributed by atoms with Crippen molar-refractivity contribution in [2.75, 3.05) is 18.4 Å². The minimum Gasteiger partial charge on any atom is -0.506 e. The summed E-state index contributed by atoms with van der Waals surface area (Å²) in [5.41, 5.74) is 5.89. The fourth-order valence-electron chi connectivity index (χ4n) is 2.32. The lowest BCUT2D eigenvalue weighted by Crippen LogP contribution is -2.45.